The van der Waals surface area contributed by atoms with Gasteiger partial charge < -0.3 is 9.84 Å². The van der Waals surface area contributed by atoms with E-state index in [2.05, 4.69) is 15.9 Å². The zero-order chi connectivity index (χ0) is 14.8. The van der Waals surface area contributed by atoms with Gasteiger partial charge in [0.05, 0.1) is 11.1 Å². The van der Waals surface area contributed by atoms with Crippen LogP contribution in [0, 0.1) is 17.8 Å². The van der Waals surface area contributed by atoms with Crippen molar-refractivity contribution in [1.29, 1.82) is 0 Å². The molecule has 2 fully saturated rings. The molecule has 2 aliphatic carbocycles. The molecule has 3 rings (SSSR count). The summed E-state index contributed by atoms with van der Waals surface area (Å²) < 4.78 is 6.92. The maximum absolute atomic E-state index is 10.7. The lowest BCUT2D eigenvalue weighted by atomic mass is 9.89. The van der Waals surface area contributed by atoms with Gasteiger partial charge in [0.15, 0.2) is 0 Å². The summed E-state index contributed by atoms with van der Waals surface area (Å²) >= 11 is 3.50. The van der Waals surface area contributed by atoms with Crippen molar-refractivity contribution < 1.29 is 14.6 Å². The first kappa shape index (κ1) is 14.6. The lowest BCUT2D eigenvalue weighted by molar-refractivity contribution is -0.131. The van der Waals surface area contributed by atoms with Crippen LogP contribution in [-0.2, 0) is 4.79 Å². The van der Waals surface area contributed by atoms with E-state index in [0.29, 0.717) is 5.92 Å². The number of rotatable bonds is 5. The maximum Gasteiger partial charge on any atom is 0.328 e. The third kappa shape index (κ3) is 3.31. The summed E-state index contributed by atoms with van der Waals surface area (Å²) in [6, 6.07) is 5.69. The van der Waals surface area contributed by atoms with E-state index >= 15 is 0 Å². The molecule has 0 heterocycles. The Morgan fingerprint density at radius 1 is 1.38 bits per heavy atom. The van der Waals surface area contributed by atoms with Crippen molar-refractivity contribution in [2.75, 3.05) is 6.61 Å². The number of benzene rings is 1. The molecule has 0 aromatic heterocycles. The van der Waals surface area contributed by atoms with Gasteiger partial charge in [-0.05, 0) is 65.1 Å². The number of ether oxygens (including phenoxy) is 1. The molecule has 2 saturated carbocycles. The molecule has 21 heavy (non-hydrogen) atoms. The van der Waals surface area contributed by atoms with Gasteiger partial charge in [-0.1, -0.05) is 18.6 Å². The molecule has 1 N–H and O–H groups in total. The predicted molar refractivity (Wildman–Crippen MR) is 85.2 cm³/mol. The van der Waals surface area contributed by atoms with Gasteiger partial charge in [-0.25, -0.2) is 4.79 Å². The summed E-state index contributed by atoms with van der Waals surface area (Å²) in [4.78, 5) is 10.7. The summed E-state index contributed by atoms with van der Waals surface area (Å²) in [6.45, 7) is 0.734. The summed E-state index contributed by atoms with van der Waals surface area (Å²) in [7, 11) is 0. The highest BCUT2D eigenvalue weighted by atomic mass is 79.9. The Morgan fingerprint density at radius 2 is 2.24 bits per heavy atom. The van der Waals surface area contributed by atoms with Crippen LogP contribution >= 0.6 is 15.9 Å². The van der Waals surface area contributed by atoms with Crippen LogP contribution in [0.25, 0.3) is 6.08 Å². The van der Waals surface area contributed by atoms with E-state index < -0.39 is 5.97 Å². The second kappa shape index (κ2) is 6.22. The van der Waals surface area contributed by atoms with Crippen molar-refractivity contribution >= 4 is 28.0 Å². The summed E-state index contributed by atoms with van der Waals surface area (Å²) in [5, 5.41) is 8.77. The van der Waals surface area contributed by atoms with E-state index in [4.69, 9.17) is 9.84 Å². The predicted octanol–water partition coefficient (Wildman–Crippen LogP) is 4.36. The summed E-state index contributed by atoms with van der Waals surface area (Å²) in [5.41, 5.74) is 0.801. The fraction of sp³-hybridized carbons (Fsp3) is 0.471. The molecule has 4 heteroatoms. The molecule has 0 aliphatic heterocycles. The SMILES string of the molecule is O=C(O)C=Cc1cccc(Br)c1OCC1CC2CCC1C2. The maximum atomic E-state index is 10.7. The third-order valence-electron chi connectivity index (χ3n) is 4.73. The van der Waals surface area contributed by atoms with Gasteiger partial charge in [0.1, 0.15) is 5.75 Å². The normalized spacial score (nSPS) is 27.4. The van der Waals surface area contributed by atoms with E-state index in [-0.39, 0.29) is 0 Å². The number of halogens is 1. The molecular formula is C17H19BrO3. The van der Waals surface area contributed by atoms with Crippen molar-refractivity contribution in [3.05, 3.63) is 34.3 Å². The van der Waals surface area contributed by atoms with Crippen LogP contribution in [0.1, 0.15) is 31.2 Å². The highest BCUT2D eigenvalue weighted by Crippen LogP contribution is 2.48. The highest BCUT2D eigenvalue weighted by Gasteiger charge is 2.39. The Bertz CT molecular complexity index is 567. The van der Waals surface area contributed by atoms with Crippen molar-refractivity contribution in [3.8, 4) is 5.75 Å². The van der Waals surface area contributed by atoms with Crippen molar-refractivity contribution in [1.82, 2.24) is 0 Å². The van der Waals surface area contributed by atoms with Crippen LogP contribution in [0.3, 0.4) is 0 Å². The Hall–Kier alpha value is -1.29. The molecule has 0 saturated heterocycles. The molecule has 3 unspecified atom stereocenters. The first-order valence-corrected chi connectivity index (χ1v) is 8.25. The van der Waals surface area contributed by atoms with E-state index in [0.717, 1.165) is 40.3 Å². The smallest absolute Gasteiger partial charge is 0.328 e. The van der Waals surface area contributed by atoms with Gasteiger partial charge in [-0.2, -0.15) is 0 Å². The number of fused-ring (bicyclic) bond motifs is 2. The minimum Gasteiger partial charge on any atom is -0.491 e. The van der Waals surface area contributed by atoms with E-state index in [1.165, 1.54) is 25.7 Å². The summed E-state index contributed by atoms with van der Waals surface area (Å²) in [5.74, 6) is 2.20. The lowest BCUT2D eigenvalue weighted by Gasteiger charge is -2.22. The first-order valence-electron chi connectivity index (χ1n) is 7.46. The van der Waals surface area contributed by atoms with Crippen LogP contribution in [0.2, 0.25) is 0 Å². The highest BCUT2D eigenvalue weighted by molar-refractivity contribution is 9.10. The van der Waals surface area contributed by atoms with Crippen molar-refractivity contribution in [2.45, 2.75) is 25.7 Å². The van der Waals surface area contributed by atoms with E-state index in [1.807, 2.05) is 18.2 Å². The number of aliphatic carboxylic acids is 1. The van der Waals surface area contributed by atoms with Crippen LogP contribution in [0.4, 0.5) is 0 Å². The van der Waals surface area contributed by atoms with Gasteiger partial charge >= 0.3 is 5.97 Å². The molecule has 2 aliphatic rings. The topological polar surface area (TPSA) is 46.5 Å². The molecule has 3 nitrogen and oxygen atoms in total. The standard InChI is InChI=1S/C17H19BrO3/c18-15-3-1-2-12(6-7-16(19)20)17(15)21-10-14-9-11-4-5-13(14)8-11/h1-3,6-7,11,13-14H,4-5,8-10H2,(H,19,20). The van der Waals surface area contributed by atoms with Gasteiger partial charge in [-0.15, -0.1) is 0 Å². The minimum atomic E-state index is -0.950. The number of carboxylic acids is 1. The largest absolute Gasteiger partial charge is 0.491 e. The number of hydrogen-bond donors (Lipinski definition) is 1. The molecule has 0 spiro atoms. The van der Waals surface area contributed by atoms with Gasteiger partial charge in [0.2, 0.25) is 0 Å². The summed E-state index contributed by atoms with van der Waals surface area (Å²) in [6.07, 6.45) is 8.13. The molecule has 0 radical (unpaired) electrons. The average molecular weight is 351 g/mol. The Balaban J connectivity index is 1.70. The zero-order valence-electron chi connectivity index (χ0n) is 11.8. The molecular weight excluding hydrogens is 332 g/mol. The Morgan fingerprint density at radius 3 is 2.90 bits per heavy atom. The fourth-order valence-electron chi connectivity index (χ4n) is 3.74. The van der Waals surface area contributed by atoms with E-state index in [9.17, 15) is 4.79 Å². The number of carbonyl (C=O) groups is 1. The molecule has 1 aromatic rings. The van der Waals surface area contributed by atoms with Crippen LogP contribution < -0.4 is 4.74 Å². The number of hydrogen-bond acceptors (Lipinski definition) is 2. The van der Waals surface area contributed by atoms with Crippen LogP contribution in [0.5, 0.6) is 5.75 Å². The molecule has 2 bridgehead atoms. The van der Waals surface area contributed by atoms with E-state index in [1.54, 1.807) is 6.08 Å². The van der Waals surface area contributed by atoms with Crippen LogP contribution in [0.15, 0.2) is 28.7 Å². The van der Waals surface area contributed by atoms with Gasteiger partial charge in [0, 0.05) is 11.6 Å². The molecule has 112 valence electrons. The molecule has 1 aromatic carbocycles. The third-order valence-corrected chi connectivity index (χ3v) is 5.35. The molecule has 0 amide bonds. The monoisotopic (exact) mass is 350 g/mol. The Kier molecular flexibility index (Phi) is 4.34. The van der Waals surface area contributed by atoms with Crippen molar-refractivity contribution in [3.63, 3.8) is 0 Å². The quantitative estimate of drug-likeness (QED) is 0.802. The van der Waals surface area contributed by atoms with Crippen LogP contribution in [-0.4, -0.2) is 17.7 Å². The second-order valence-corrected chi connectivity index (χ2v) is 6.93. The first-order chi connectivity index (χ1) is 10.1. The number of carboxylic acid groups (broad SMARTS) is 1. The molecule has 3 atom stereocenters. The fourth-order valence-corrected chi connectivity index (χ4v) is 4.24. The Labute approximate surface area is 133 Å². The van der Waals surface area contributed by atoms with Gasteiger partial charge in [-0.3, -0.25) is 0 Å². The minimum absolute atomic E-state index is 0.659. The zero-order valence-corrected chi connectivity index (χ0v) is 13.4. The lowest BCUT2D eigenvalue weighted by Crippen LogP contribution is -2.18. The number of para-hydroxylation sites is 1. The van der Waals surface area contributed by atoms with Crippen molar-refractivity contribution in [2.24, 2.45) is 17.8 Å². The van der Waals surface area contributed by atoms with Gasteiger partial charge in [0.25, 0.3) is 0 Å². The average Bonchev–Trinajstić information content (AvgIpc) is 3.06. The second-order valence-electron chi connectivity index (χ2n) is 6.08.